The van der Waals surface area contributed by atoms with Crippen molar-refractivity contribution < 1.29 is 9.53 Å². The van der Waals surface area contributed by atoms with E-state index in [0.29, 0.717) is 11.5 Å². The molecule has 0 bridgehead atoms. The number of fused-ring (bicyclic) bond motifs is 1. The topological polar surface area (TPSA) is 43.6 Å². The van der Waals surface area contributed by atoms with Crippen LogP contribution in [0.3, 0.4) is 0 Å². The second kappa shape index (κ2) is 5.03. The third-order valence-corrected chi connectivity index (χ3v) is 3.95. The van der Waals surface area contributed by atoms with Crippen molar-refractivity contribution in [2.45, 2.75) is 38.0 Å². The van der Waals surface area contributed by atoms with Crippen LogP contribution in [0.2, 0.25) is 0 Å². The van der Waals surface area contributed by atoms with Crippen molar-refractivity contribution in [3.05, 3.63) is 35.9 Å². The van der Waals surface area contributed by atoms with Crippen LogP contribution in [0.25, 0.3) is 5.52 Å². The SMILES string of the molecule is COC(=O)c1ccc2cnc(C3CCCCC3)n2c1. The Balaban J connectivity index is 2.02. The monoisotopic (exact) mass is 258 g/mol. The summed E-state index contributed by atoms with van der Waals surface area (Å²) in [4.78, 5) is 16.2. The quantitative estimate of drug-likeness (QED) is 0.777. The molecule has 0 N–H and O–H groups in total. The number of nitrogens with zero attached hydrogens (tertiary/aromatic N) is 2. The van der Waals surface area contributed by atoms with Gasteiger partial charge in [-0.25, -0.2) is 9.78 Å². The van der Waals surface area contributed by atoms with Crippen LogP contribution in [-0.4, -0.2) is 22.5 Å². The average molecular weight is 258 g/mol. The van der Waals surface area contributed by atoms with E-state index < -0.39 is 0 Å². The largest absolute Gasteiger partial charge is 0.465 e. The van der Waals surface area contributed by atoms with Gasteiger partial charge in [0, 0.05) is 12.1 Å². The number of hydrogen-bond acceptors (Lipinski definition) is 3. The first-order valence-corrected chi connectivity index (χ1v) is 6.85. The lowest BCUT2D eigenvalue weighted by Crippen LogP contribution is -2.10. The van der Waals surface area contributed by atoms with Crippen LogP contribution in [0.4, 0.5) is 0 Å². The van der Waals surface area contributed by atoms with Crippen molar-refractivity contribution in [3.8, 4) is 0 Å². The lowest BCUT2D eigenvalue weighted by atomic mass is 9.89. The molecule has 4 nitrogen and oxygen atoms in total. The Labute approximate surface area is 112 Å². The van der Waals surface area contributed by atoms with Gasteiger partial charge < -0.3 is 9.14 Å². The summed E-state index contributed by atoms with van der Waals surface area (Å²) in [6.07, 6.45) is 9.99. The van der Waals surface area contributed by atoms with Crippen molar-refractivity contribution >= 4 is 11.5 Å². The van der Waals surface area contributed by atoms with E-state index in [1.54, 1.807) is 6.07 Å². The van der Waals surface area contributed by atoms with Crippen molar-refractivity contribution in [2.24, 2.45) is 0 Å². The van der Waals surface area contributed by atoms with E-state index in [4.69, 9.17) is 4.74 Å². The Kier molecular flexibility index (Phi) is 3.23. The summed E-state index contributed by atoms with van der Waals surface area (Å²) in [7, 11) is 1.41. The number of pyridine rings is 1. The average Bonchev–Trinajstić information content (AvgIpc) is 2.90. The summed E-state index contributed by atoms with van der Waals surface area (Å²) in [6.45, 7) is 0. The van der Waals surface area contributed by atoms with Crippen LogP contribution < -0.4 is 0 Å². The van der Waals surface area contributed by atoms with E-state index >= 15 is 0 Å². The predicted molar refractivity (Wildman–Crippen MR) is 72.4 cm³/mol. The molecule has 0 aliphatic heterocycles. The number of carbonyl (C=O) groups is 1. The van der Waals surface area contributed by atoms with E-state index in [1.165, 1.54) is 39.2 Å². The molecular formula is C15H18N2O2. The van der Waals surface area contributed by atoms with Gasteiger partial charge >= 0.3 is 5.97 Å². The number of esters is 1. The molecule has 0 atom stereocenters. The molecule has 1 saturated carbocycles. The third kappa shape index (κ3) is 2.23. The van der Waals surface area contributed by atoms with Crippen molar-refractivity contribution in [1.82, 2.24) is 9.38 Å². The number of imidazole rings is 1. The van der Waals surface area contributed by atoms with Gasteiger partial charge in [-0.1, -0.05) is 19.3 Å². The van der Waals surface area contributed by atoms with E-state index in [0.717, 1.165) is 11.3 Å². The summed E-state index contributed by atoms with van der Waals surface area (Å²) in [6, 6.07) is 3.71. The van der Waals surface area contributed by atoms with Crippen LogP contribution in [0.5, 0.6) is 0 Å². The molecule has 2 aromatic rings. The van der Waals surface area contributed by atoms with Gasteiger partial charge in [-0.3, -0.25) is 0 Å². The lowest BCUT2D eigenvalue weighted by molar-refractivity contribution is 0.0600. The van der Waals surface area contributed by atoms with Crippen LogP contribution >= 0.6 is 0 Å². The van der Waals surface area contributed by atoms with Gasteiger partial charge in [0.2, 0.25) is 0 Å². The molecule has 3 rings (SSSR count). The summed E-state index contributed by atoms with van der Waals surface area (Å²) in [5.74, 6) is 1.30. The highest BCUT2D eigenvalue weighted by Crippen LogP contribution is 2.32. The highest BCUT2D eigenvalue weighted by Gasteiger charge is 2.20. The minimum absolute atomic E-state index is 0.301. The first-order valence-electron chi connectivity index (χ1n) is 6.85. The summed E-state index contributed by atoms with van der Waals surface area (Å²) in [5.41, 5.74) is 1.61. The zero-order valence-corrected chi connectivity index (χ0v) is 11.1. The summed E-state index contributed by atoms with van der Waals surface area (Å²) < 4.78 is 6.82. The maximum atomic E-state index is 11.6. The Hall–Kier alpha value is -1.84. The maximum Gasteiger partial charge on any atom is 0.339 e. The normalized spacial score (nSPS) is 16.7. The van der Waals surface area contributed by atoms with E-state index in [9.17, 15) is 4.79 Å². The number of ether oxygens (including phenoxy) is 1. The molecule has 0 spiro atoms. The highest BCUT2D eigenvalue weighted by atomic mass is 16.5. The Morgan fingerprint density at radius 1 is 1.32 bits per heavy atom. The van der Waals surface area contributed by atoms with Crippen LogP contribution in [-0.2, 0) is 4.74 Å². The third-order valence-electron chi connectivity index (χ3n) is 3.95. The fourth-order valence-corrected chi connectivity index (χ4v) is 2.91. The number of carbonyl (C=O) groups excluding carboxylic acids is 1. The molecule has 0 aromatic carbocycles. The zero-order chi connectivity index (χ0) is 13.2. The number of hydrogen-bond donors (Lipinski definition) is 0. The molecule has 2 heterocycles. The van der Waals surface area contributed by atoms with Gasteiger partial charge in [-0.05, 0) is 25.0 Å². The van der Waals surface area contributed by atoms with Crippen molar-refractivity contribution in [1.29, 1.82) is 0 Å². The standard InChI is InChI=1S/C15H18N2O2/c1-19-15(18)12-7-8-13-9-16-14(17(13)10-12)11-5-3-2-4-6-11/h7-11H,2-6H2,1H3. The number of methoxy groups -OCH3 is 1. The molecule has 100 valence electrons. The molecule has 0 radical (unpaired) electrons. The zero-order valence-electron chi connectivity index (χ0n) is 11.1. The van der Waals surface area contributed by atoms with E-state index in [1.807, 2.05) is 22.9 Å². The molecule has 0 unspecified atom stereocenters. The van der Waals surface area contributed by atoms with Gasteiger partial charge in [0.25, 0.3) is 0 Å². The Morgan fingerprint density at radius 3 is 2.84 bits per heavy atom. The molecule has 1 aliphatic rings. The predicted octanol–water partition coefficient (Wildman–Crippen LogP) is 3.17. The van der Waals surface area contributed by atoms with Gasteiger partial charge in [0.15, 0.2) is 0 Å². The van der Waals surface area contributed by atoms with Gasteiger partial charge in [-0.15, -0.1) is 0 Å². The molecule has 0 saturated heterocycles. The molecule has 1 fully saturated rings. The maximum absolute atomic E-state index is 11.6. The minimum atomic E-state index is -0.301. The molecule has 0 amide bonds. The van der Waals surface area contributed by atoms with Gasteiger partial charge in [-0.2, -0.15) is 0 Å². The van der Waals surface area contributed by atoms with Crippen LogP contribution in [0, 0.1) is 0 Å². The van der Waals surface area contributed by atoms with Gasteiger partial charge in [0.05, 0.1) is 24.4 Å². The fourth-order valence-electron chi connectivity index (χ4n) is 2.91. The smallest absolute Gasteiger partial charge is 0.339 e. The molecule has 19 heavy (non-hydrogen) atoms. The fraction of sp³-hybridized carbons (Fsp3) is 0.467. The van der Waals surface area contributed by atoms with E-state index in [-0.39, 0.29) is 5.97 Å². The van der Waals surface area contributed by atoms with E-state index in [2.05, 4.69) is 4.98 Å². The first kappa shape index (κ1) is 12.2. The minimum Gasteiger partial charge on any atom is -0.465 e. The Morgan fingerprint density at radius 2 is 2.11 bits per heavy atom. The lowest BCUT2D eigenvalue weighted by Gasteiger charge is -2.20. The summed E-state index contributed by atoms with van der Waals surface area (Å²) in [5, 5.41) is 0. The van der Waals surface area contributed by atoms with Crippen LogP contribution in [0.1, 0.15) is 54.2 Å². The van der Waals surface area contributed by atoms with Crippen LogP contribution in [0.15, 0.2) is 24.5 Å². The number of aromatic nitrogens is 2. The summed E-state index contributed by atoms with van der Waals surface area (Å²) >= 11 is 0. The second-order valence-electron chi connectivity index (χ2n) is 5.16. The molecular weight excluding hydrogens is 240 g/mol. The van der Waals surface area contributed by atoms with Gasteiger partial charge in [0.1, 0.15) is 5.82 Å². The van der Waals surface area contributed by atoms with Crippen molar-refractivity contribution in [3.63, 3.8) is 0 Å². The second-order valence-corrected chi connectivity index (χ2v) is 5.16. The highest BCUT2D eigenvalue weighted by molar-refractivity contribution is 5.89. The van der Waals surface area contributed by atoms with Crippen molar-refractivity contribution in [2.75, 3.05) is 7.11 Å². The molecule has 1 aliphatic carbocycles. The Bertz CT molecular complexity index is 597. The molecule has 2 aromatic heterocycles. The number of rotatable bonds is 2. The first-order chi connectivity index (χ1) is 9.29. The molecule has 4 heteroatoms.